The molecule has 21 heavy (non-hydrogen) atoms. The molecule has 0 unspecified atom stereocenters. The molecule has 1 aromatic heterocycles. The zero-order valence-corrected chi connectivity index (χ0v) is 12.8. The standard InChI is InChI=1S/C13H17N3O4S/c1-9-10(16(19)20)7-11(21-9)13(18)14(2)8-12(17)15-5-3-4-6-15/h7H,3-6,8H2,1-2H3. The first-order chi connectivity index (χ1) is 9.90. The van der Waals surface area contributed by atoms with E-state index in [1.54, 1.807) is 11.8 Å². The van der Waals surface area contributed by atoms with Gasteiger partial charge in [-0.25, -0.2) is 0 Å². The van der Waals surface area contributed by atoms with E-state index >= 15 is 0 Å². The average Bonchev–Trinajstić information content (AvgIpc) is 3.06. The molecule has 0 N–H and O–H groups in total. The number of nitrogens with zero attached hydrogens (tertiary/aromatic N) is 3. The molecule has 2 heterocycles. The number of carbonyl (C=O) groups is 2. The maximum Gasteiger partial charge on any atom is 0.283 e. The molecule has 8 heteroatoms. The van der Waals surface area contributed by atoms with Crippen LogP contribution in [0.3, 0.4) is 0 Å². The molecular weight excluding hydrogens is 294 g/mol. The van der Waals surface area contributed by atoms with Crippen molar-refractivity contribution in [2.45, 2.75) is 19.8 Å². The summed E-state index contributed by atoms with van der Waals surface area (Å²) in [5.41, 5.74) is -0.0531. The first-order valence-corrected chi connectivity index (χ1v) is 7.50. The van der Waals surface area contributed by atoms with Crippen LogP contribution in [0.15, 0.2) is 6.07 Å². The van der Waals surface area contributed by atoms with Gasteiger partial charge < -0.3 is 9.80 Å². The Bertz CT molecular complexity index is 578. The zero-order chi connectivity index (χ0) is 15.6. The summed E-state index contributed by atoms with van der Waals surface area (Å²) in [6, 6.07) is 1.28. The maximum absolute atomic E-state index is 12.2. The number of carbonyl (C=O) groups excluding carboxylic acids is 2. The molecule has 1 aliphatic rings. The second kappa shape index (κ2) is 6.21. The minimum Gasteiger partial charge on any atom is -0.341 e. The van der Waals surface area contributed by atoms with Crippen molar-refractivity contribution in [3.63, 3.8) is 0 Å². The van der Waals surface area contributed by atoms with E-state index in [0.29, 0.717) is 4.88 Å². The Kier molecular flexibility index (Phi) is 4.56. The van der Waals surface area contributed by atoms with E-state index in [2.05, 4.69) is 0 Å². The summed E-state index contributed by atoms with van der Waals surface area (Å²) in [6.45, 7) is 3.09. The Labute approximate surface area is 126 Å². The number of nitro groups is 1. The minimum atomic E-state index is -0.502. The summed E-state index contributed by atoms with van der Waals surface area (Å²) in [6.07, 6.45) is 2.00. The van der Waals surface area contributed by atoms with Gasteiger partial charge in [0.15, 0.2) is 0 Å². The van der Waals surface area contributed by atoms with Crippen LogP contribution in [-0.4, -0.2) is 53.2 Å². The lowest BCUT2D eigenvalue weighted by Gasteiger charge is -2.20. The van der Waals surface area contributed by atoms with Gasteiger partial charge >= 0.3 is 0 Å². The first kappa shape index (κ1) is 15.4. The molecule has 0 radical (unpaired) electrons. The summed E-state index contributed by atoms with van der Waals surface area (Å²) in [4.78, 5) is 38.4. The lowest BCUT2D eigenvalue weighted by atomic mass is 10.3. The number of amides is 2. The van der Waals surface area contributed by atoms with Crippen molar-refractivity contribution in [2.75, 3.05) is 26.7 Å². The van der Waals surface area contributed by atoms with Gasteiger partial charge in [-0.2, -0.15) is 0 Å². The van der Waals surface area contributed by atoms with Gasteiger partial charge in [0.2, 0.25) is 5.91 Å². The molecule has 0 aliphatic carbocycles. The highest BCUT2D eigenvalue weighted by molar-refractivity contribution is 7.14. The third-order valence-electron chi connectivity index (χ3n) is 3.48. The molecule has 7 nitrogen and oxygen atoms in total. The number of thiophene rings is 1. The van der Waals surface area contributed by atoms with Crippen LogP contribution < -0.4 is 0 Å². The molecule has 1 saturated heterocycles. The molecule has 0 atom stereocenters. The summed E-state index contributed by atoms with van der Waals surface area (Å²) in [5.74, 6) is -0.435. The van der Waals surface area contributed by atoms with Crippen LogP contribution >= 0.6 is 11.3 Å². The SMILES string of the molecule is Cc1sc(C(=O)N(C)CC(=O)N2CCCC2)cc1[N+](=O)[O-]. The van der Waals surface area contributed by atoms with Gasteiger partial charge in [-0.3, -0.25) is 19.7 Å². The molecular formula is C13H17N3O4S. The highest BCUT2D eigenvalue weighted by Gasteiger charge is 2.25. The second-order valence-electron chi connectivity index (χ2n) is 5.06. The molecule has 0 saturated carbocycles. The Morgan fingerprint density at radius 1 is 1.43 bits per heavy atom. The van der Waals surface area contributed by atoms with Crippen molar-refractivity contribution in [1.29, 1.82) is 0 Å². The highest BCUT2D eigenvalue weighted by atomic mass is 32.1. The monoisotopic (exact) mass is 311 g/mol. The quantitative estimate of drug-likeness (QED) is 0.625. The van der Waals surface area contributed by atoms with Crippen molar-refractivity contribution in [3.8, 4) is 0 Å². The molecule has 2 amide bonds. The van der Waals surface area contributed by atoms with Crippen LogP contribution in [0.4, 0.5) is 5.69 Å². The summed E-state index contributed by atoms with van der Waals surface area (Å²) < 4.78 is 0. The van der Waals surface area contributed by atoms with Crippen molar-refractivity contribution in [3.05, 3.63) is 25.9 Å². The highest BCUT2D eigenvalue weighted by Crippen LogP contribution is 2.28. The molecule has 0 spiro atoms. The Balaban J connectivity index is 2.03. The van der Waals surface area contributed by atoms with Crippen molar-refractivity contribution >= 4 is 28.8 Å². The average molecular weight is 311 g/mol. The summed E-state index contributed by atoms with van der Waals surface area (Å²) >= 11 is 1.08. The zero-order valence-electron chi connectivity index (χ0n) is 12.0. The predicted octanol–water partition coefficient (Wildman–Crippen LogP) is 1.66. The number of likely N-dealkylation sites (N-methyl/N-ethyl adjacent to an activating group) is 1. The van der Waals surface area contributed by atoms with Gasteiger partial charge in [-0.05, 0) is 19.8 Å². The minimum absolute atomic E-state index is 0.00355. The summed E-state index contributed by atoms with van der Waals surface area (Å²) in [7, 11) is 1.54. The van der Waals surface area contributed by atoms with Crippen LogP contribution in [0.5, 0.6) is 0 Å². The molecule has 114 valence electrons. The van der Waals surface area contributed by atoms with Gasteiger partial charge in [-0.1, -0.05) is 0 Å². The number of likely N-dealkylation sites (tertiary alicyclic amines) is 1. The Hall–Kier alpha value is -1.96. The predicted molar refractivity (Wildman–Crippen MR) is 78.5 cm³/mol. The number of hydrogen-bond donors (Lipinski definition) is 0. The third-order valence-corrected chi connectivity index (χ3v) is 4.50. The first-order valence-electron chi connectivity index (χ1n) is 6.68. The molecule has 0 bridgehead atoms. The van der Waals surface area contributed by atoms with Crippen LogP contribution in [0.25, 0.3) is 0 Å². The van der Waals surface area contributed by atoms with E-state index in [-0.39, 0.29) is 28.9 Å². The normalized spacial score (nSPS) is 14.3. The van der Waals surface area contributed by atoms with Gasteiger partial charge in [0, 0.05) is 26.2 Å². The van der Waals surface area contributed by atoms with Crippen molar-refractivity contribution < 1.29 is 14.5 Å². The largest absolute Gasteiger partial charge is 0.341 e. The van der Waals surface area contributed by atoms with Crippen LogP contribution in [0.1, 0.15) is 27.4 Å². The fourth-order valence-corrected chi connectivity index (χ4v) is 3.27. The molecule has 1 aromatic rings. The topological polar surface area (TPSA) is 83.8 Å². The molecule has 1 fully saturated rings. The van der Waals surface area contributed by atoms with E-state index in [0.717, 1.165) is 37.3 Å². The maximum atomic E-state index is 12.2. The van der Waals surface area contributed by atoms with Crippen LogP contribution in [0, 0.1) is 17.0 Å². The molecule has 2 rings (SSSR count). The van der Waals surface area contributed by atoms with Crippen LogP contribution in [0.2, 0.25) is 0 Å². The number of hydrogen-bond acceptors (Lipinski definition) is 5. The smallest absolute Gasteiger partial charge is 0.283 e. The van der Waals surface area contributed by atoms with E-state index in [1.807, 2.05) is 0 Å². The van der Waals surface area contributed by atoms with Gasteiger partial charge in [0.05, 0.1) is 21.2 Å². The van der Waals surface area contributed by atoms with Gasteiger partial charge in [0.25, 0.3) is 11.6 Å². The Morgan fingerprint density at radius 3 is 2.57 bits per heavy atom. The van der Waals surface area contributed by atoms with E-state index in [4.69, 9.17) is 0 Å². The number of rotatable bonds is 4. The van der Waals surface area contributed by atoms with Gasteiger partial charge in [0.1, 0.15) is 0 Å². The van der Waals surface area contributed by atoms with Crippen LogP contribution in [-0.2, 0) is 4.79 Å². The summed E-state index contributed by atoms with van der Waals surface area (Å²) in [5, 5.41) is 10.8. The number of aryl methyl sites for hydroxylation is 1. The van der Waals surface area contributed by atoms with Gasteiger partial charge in [-0.15, -0.1) is 11.3 Å². The lowest BCUT2D eigenvalue weighted by molar-refractivity contribution is -0.385. The van der Waals surface area contributed by atoms with Crippen molar-refractivity contribution in [1.82, 2.24) is 9.80 Å². The molecule has 0 aromatic carbocycles. The molecule has 1 aliphatic heterocycles. The van der Waals surface area contributed by atoms with E-state index in [1.165, 1.54) is 18.0 Å². The fourth-order valence-electron chi connectivity index (χ4n) is 2.29. The lowest BCUT2D eigenvalue weighted by Crippen LogP contribution is -2.39. The van der Waals surface area contributed by atoms with E-state index in [9.17, 15) is 19.7 Å². The van der Waals surface area contributed by atoms with E-state index < -0.39 is 4.92 Å². The Morgan fingerprint density at radius 2 is 2.05 bits per heavy atom. The van der Waals surface area contributed by atoms with Crippen molar-refractivity contribution in [2.24, 2.45) is 0 Å². The third kappa shape index (κ3) is 3.38. The second-order valence-corrected chi connectivity index (χ2v) is 6.31. The fraction of sp³-hybridized carbons (Fsp3) is 0.538.